The van der Waals surface area contributed by atoms with E-state index in [2.05, 4.69) is 15.6 Å². The van der Waals surface area contributed by atoms with E-state index in [1.54, 1.807) is 47.5 Å². The van der Waals surface area contributed by atoms with Crippen LogP contribution in [0.4, 0.5) is 17.2 Å². The number of pyridine rings is 1. The van der Waals surface area contributed by atoms with Crippen LogP contribution < -0.4 is 25.8 Å². The molecule has 3 aromatic carbocycles. The number of nitrogens with one attached hydrogen (secondary N) is 2. The highest BCUT2D eigenvalue weighted by molar-refractivity contribution is 5.94. The van der Waals surface area contributed by atoms with Gasteiger partial charge in [-0.25, -0.2) is 4.98 Å². The number of benzene rings is 3. The van der Waals surface area contributed by atoms with Crippen LogP contribution in [-0.4, -0.2) is 52.0 Å². The summed E-state index contributed by atoms with van der Waals surface area (Å²) in [5.41, 5.74) is 8.50. The van der Waals surface area contributed by atoms with E-state index in [0.717, 1.165) is 10.8 Å². The third-order valence-electron chi connectivity index (χ3n) is 7.86. The van der Waals surface area contributed by atoms with Crippen molar-refractivity contribution in [3.8, 4) is 11.5 Å². The summed E-state index contributed by atoms with van der Waals surface area (Å²) in [4.78, 5) is 44.7. The Labute approximate surface area is 267 Å². The predicted molar refractivity (Wildman–Crippen MR) is 177 cm³/mol. The number of hydrogen-bond donors (Lipinski definition) is 4. The molecule has 1 fully saturated rings. The number of carboxylic acid groups (broad SMARTS) is 1. The lowest BCUT2D eigenvalue weighted by Crippen LogP contribution is -2.39. The molecule has 0 aliphatic carbocycles. The van der Waals surface area contributed by atoms with Crippen molar-refractivity contribution in [1.29, 1.82) is 0 Å². The second-order valence-electron chi connectivity index (χ2n) is 11.5. The van der Waals surface area contributed by atoms with E-state index in [1.165, 1.54) is 6.92 Å². The highest BCUT2D eigenvalue weighted by Gasteiger charge is 2.44. The fourth-order valence-electron chi connectivity index (χ4n) is 5.95. The molecule has 1 saturated heterocycles. The fraction of sp³-hybridized carbons (Fsp3) is 0.314. The quantitative estimate of drug-likeness (QED) is 0.162. The number of aliphatic carboxylic acids is 1. The number of aromatic nitrogens is 1. The largest absolute Gasteiger partial charge is 0.490 e. The van der Waals surface area contributed by atoms with Crippen molar-refractivity contribution < 1.29 is 29.0 Å². The third kappa shape index (κ3) is 6.98. The average molecular weight is 626 g/mol. The molecular formula is C35H39N5O6. The first kappa shape index (κ1) is 32.1. The molecule has 0 bridgehead atoms. The van der Waals surface area contributed by atoms with Crippen molar-refractivity contribution in [1.82, 2.24) is 9.88 Å². The molecule has 4 aromatic rings. The van der Waals surface area contributed by atoms with Crippen LogP contribution in [0.5, 0.6) is 11.5 Å². The number of carboxylic acids is 1. The molecule has 3 unspecified atom stereocenters. The zero-order valence-corrected chi connectivity index (χ0v) is 26.3. The molecule has 0 spiro atoms. The first-order valence-corrected chi connectivity index (χ1v) is 15.3. The molecule has 11 heteroatoms. The number of anilines is 3. The second kappa shape index (κ2) is 13.8. The number of likely N-dealkylation sites (tertiary alicyclic amines) is 1. The van der Waals surface area contributed by atoms with E-state index in [0.29, 0.717) is 46.4 Å². The van der Waals surface area contributed by atoms with Gasteiger partial charge in [-0.15, -0.1) is 0 Å². The Hall–Kier alpha value is -5.32. The fourth-order valence-corrected chi connectivity index (χ4v) is 5.95. The molecule has 11 nitrogen and oxygen atoms in total. The molecule has 1 aromatic heterocycles. The number of amides is 2. The SMILES string of the molecule is CCOc1cc(C(Nc2ccc3c(N)nccc3c2)C(=O)N2CCC(C(=O)O)C2c2cccc(NC(C)=O)c2)ccc1OC(C)C. The summed E-state index contributed by atoms with van der Waals surface area (Å²) in [7, 11) is 0. The van der Waals surface area contributed by atoms with Crippen molar-refractivity contribution in [2.24, 2.45) is 5.92 Å². The number of nitrogens with zero attached hydrogens (tertiary/aromatic N) is 2. The minimum absolute atomic E-state index is 0.0910. The van der Waals surface area contributed by atoms with Gasteiger partial charge in [0, 0.05) is 36.4 Å². The summed E-state index contributed by atoms with van der Waals surface area (Å²) in [5, 5.41) is 18.0. The molecule has 1 aliphatic heterocycles. The third-order valence-corrected chi connectivity index (χ3v) is 7.86. The predicted octanol–water partition coefficient (Wildman–Crippen LogP) is 5.79. The topological polar surface area (TPSA) is 156 Å². The second-order valence-corrected chi connectivity index (χ2v) is 11.5. The molecule has 2 heterocycles. The van der Waals surface area contributed by atoms with Gasteiger partial charge in [0.1, 0.15) is 11.9 Å². The minimum atomic E-state index is -0.996. The first-order chi connectivity index (χ1) is 22.0. The Bertz CT molecular complexity index is 1760. The summed E-state index contributed by atoms with van der Waals surface area (Å²) < 4.78 is 11.9. The Morgan fingerprint density at radius 1 is 1.04 bits per heavy atom. The van der Waals surface area contributed by atoms with E-state index in [1.807, 2.05) is 51.1 Å². The van der Waals surface area contributed by atoms with E-state index < -0.39 is 24.0 Å². The van der Waals surface area contributed by atoms with Crippen LogP contribution in [0, 0.1) is 5.92 Å². The lowest BCUT2D eigenvalue weighted by molar-refractivity contribution is -0.143. The van der Waals surface area contributed by atoms with Gasteiger partial charge in [0.15, 0.2) is 11.5 Å². The van der Waals surface area contributed by atoms with E-state index >= 15 is 0 Å². The number of nitrogens with two attached hydrogens (primary N) is 1. The lowest BCUT2D eigenvalue weighted by Gasteiger charge is -2.32. The number of ether oxygens (including phenoxy) is 2. The van der Waals surface area contributed by atoms with Crippen LogP contribution in [0.3, 0.4) is 0 Å². The van der Waals surface area contributed by atoms with Gasteiger partial charge in [-0.3, -0.25) is 14.4 Å². The highest BCUT2D eigenvalue weighted by Crippen LogP contribution is 2.41. The van der Waals surface area contributed by atoms with Gasteiger partial charge in [0.25, 0.3) is 0 Å². The van der Waals surface area contributed by atoms with Crippen molar-refractivity contribution in [3.05, 3.63) is 84.1 Å². The van der Waals surface area contributed by atoms with Crippen LogP contribution in [0.1, 0.15) is 57.3 Å². The van der Waals surface area contributed by atoms with Gasteiger partial charge in [0.05, 0.1) is 24.7 Å². The zero-order chi connectivity index (χ0) is 33.0. The van der Waals surface area contributed by atoms with Crippen LogP contribution in [-0.2, 0) is 14.4 Å². The molecule has 3 atom stereocenters. The van der Waals surface area contributed by atoms with Gasteiger partial charge >= 0.3 is 5.97 Å². The summed E-state index contributed by atoms with van der Waals surface area (Å²) in [5.74, 6) is -0.944. The number of nitrogen functional groups attached to an aromatic ring is 1. The molecule has 5 N–H and O–H groups in total. The first-order valence-electron chi connectivity index (χ1n) is 15.3. The number of carbonyl (C=O) groups excluding carboxylic acids is 2. The highest BCUT2D eigenvalue weighted by atomic mass is 16.5. The van der Waals surface area contributed by atoms with Crippen LogP contribution in [0.2, 0.25) is 0 Å². The van der Waals surface area contributed by atoms with Crippen LogP contribution in [0.25, 0.3) is 10.8 Å². The lowest BCUT2D eigenvalue weighted by atomic mass is 9.92. The Kier molecular flexibility index (Phi) is 9.60. The van der Waals surface area contributed by atoms with Gasteiger partial charge in [-0.05, 0) is 92.2 Å². The Morgan fingerprint density at radius 2 is 1.85 bits per heavy atom. The molecule has 1 aliphatic rings. The Balaban J connectivity index is 1.59. The van der Waals surface area contributed by atoms with Crippen molar-refractivity contribution in [2.45, 2.75) is 52.3 Å². The normalized spacial score (nSPS) is 16.7. The number of rotatable bonds is 11. The Morgan fingerprint density at radius 3 is 2.57 bits per heavy atom. The molecule has 5 rings (SSSR count). The molecule has 240 valence electrons. The maximum atomic E-state index is 14.7. The molecule has 0 saturated carbocycles. The van der Waals surface area contributed by atoms with Crippen LogP contribution in [0.15, 0.2) is 72.9 Å². The van der Waals surface area contributed by atoms with Gasteiger partial charge in [0.2, 0.25) is 11.8 Å². The van der Waals surface area contributed by atoms with Crippen LogP contribution >= 0.6 is 0 Å². The number of hydrogen-bond acceptors (Lipinski definition) is 8. The van der Waals surface area contributed by atoms with Crippen molar-refractivity contribution >= 4 is 45.7 Å². The summed E-state index contributed by atoms with van der Waals surface area (Å²) in [6.45, 7) is 7.75. The van der Waals surface area contributed by atoms with Gasteiger partial charge < -0.3 is 35.8 Å². The summed E-state index contributed by atoms with van der Waals surface area (Å²) in [6, 6.07) is 18.1. The zero-order valence-electron chi connectivity index (χ0n) is 26.3. The summed E-state index contributed by atoms with van der Waals surface area (Å²) >= 11 is 0. The van der Waals surface area contributed by atoms with E-state index in [4.69, 9.17) is 15.2 Å². The van der Waals surface area contributed by atoms with Crippen molar-refractivity contribution in [2.75, 3.05) is 29.5 Å². The summed E-state index contributed by atoms with van der Waals surface area (Å²) in [6.07, 6.45) is 1.81. The smallest absolute Gasteiger partial charge is 0.309 e. The van der Waals surface area contributed by atoms with Gasteiger partial charge in [-0.2, -0.15) is 0 Å². The minimum Gasteiger partial charge on any atom is -0.490 e. The van der Waals surface area contributed by atoms with Crippen molar-refractivity contribution in [3.63, 3.8) is 0 Å². The molecule has 46 heavy (non-hydrogen) atoms. The van der Waals surface area contributed by atoms with E-state index in [-0.39, 0.29) is 30.9 Å². The molecular weight excluding hydrogens is 586 g/mol. The van der Waals surface area contributed by atoms with E-state index in [9.17, 15) is 19.5 Å². The molecule has 2 amide bonds. The monoisotopic (exact) mass is 625 g/mol. The maximum absolute atomic E-state index is 14.7. The molecule has 0 radical (unpaired) electrons. The maximum Gasteiger partial charge on any atom is 0.309 e. The van der Waals surface area contributed by atoms with Gasteiger partial charge in [-0.1, -0.05) is 18.2 Å². The standard InChI is InChI=1S/C35H39N5O6/c1-5-45-30-19-23(9-12-29(30)46-20(2)3)31(39-26-10-11-27-22(17-26)13-15-37-33(27)36)34(42)40-16-14-28(35(43)44)32(40)24-7-6-8-25(18-24)38-21(4)41/h6-13,15,17-20,28,31-32,39H,5,14,16H2,1-4H3,(H2,36,37)(H,38,41)(H,43,44). The number of fused-ring (bicyclic) bond motifs is 1. The number of carbonyl (C=O) groups is 3. The average Bonchev–Trinajstić information content (AvgIpc) is 3.46.